The van der Waals surface area contributed by atoms with Gasteiger partial charge in [0.1, 0.15) is 0 Å². The Labute approximate surface area is 85.7 Å². The molecule has 1 fully saturated rings. The van der Waals surface area contributed by atoms with E-state index in [9.17, 15) is 9.59 Å². The highest BCUT2D eigenvalue weighted by Gasteiger charge is 2.28. The molecule has 1 aliphatic carbocycles. The molecule has 0 radical (unpaired) electrons. The summed E-state index contributed by atoms with van der Waals surface area (Å²) in [5.41, 5.74) is 0.726. The number of nitrogens with one attached hydrogen (secondary N) is 1. The molecule has 1 unspecified atom stereocenters. The van der Waals surface area contributed by atoms with Crippen molar-refractivity contribution in [2.45, 2.75) is 13.3 Å². The Kier molecular flexibility index (Phi) is 2.32. The minimum absolute atomic E-state index is 0.114. The molecule has 15 heavy (non-hydrogen) atoms. The zero-order valence-electron chi connectivity index (χ0n) is 8.36. The first kappa shape index (κ1) is 9.92. The van der Waals surface area contributed by atoms with Crippen LogP contribution in [0.25, 0.3) is 6.20 Å². The quantitative estimate of drug-likeness (QED) is 0.700. The topological polar surface area (TPSA) is 75.1 Å². The molecule has 1 atom stereocenters. The highest BCUT2D eigenvalue weighted by molar-refractivity contribution is 5.41. The van der Waals surface area contributed by atoms with E-state index in [0.29, 0.717) is 5.56 Å². The number of aryl methyl sites for hydroxylation is 1. The fourth-order valence-electron chi connectivity index (χ4n) is 1.43. The van der Waals surface area contributed by atoms with Crippen LogP contribution in [0.4, 0.5) is 0 Å². The molecule has 1 aromatic heterocycles. The van der Waals surface area contributed by atoms with Gasteiger partial charge in [0.15, 0.2) is 0 Å². The maximum absolute atomic E-state index is 11.4. The third kappa shape index (κ3) is 1.92. The van der Waals surface area contributed by atoms with Crippen LogP contribution in [-0.4, -0.2) is 21.3 Å². The van der Waals surface area contributed by atoms with E-state index >= 15 is 0 Å². The predicted molar refractivity (Wildman–Crippen MR) is 55.5 cm³/mol. The molecule has 2 rings (SSSR count). The summed E-state index contributed by atoms with van der Waals surface area (Å²) in [5, 5.41) is 8.84. The smallest absolute Gasteiger partial charge is 0.332 e. The van der Waals surface area contributed by atoms with Gasteiger partial charge in [0, 0.05) is 30.5 Å². The lowest BCUT2D eigenvalue weighted by Crippen LogP contribution is -2.28. The molecule has 0 aromatic carbocycles. The lowest BCUT2D eigenvalue weighted by molar-refractivity contribution is 0.281. The van der Waals surface area contributed by atoms with Gasteiger partial charge in [-0.1, -0.05) is 0 Å². The minimum Gasteiger partial charge on any atom is -0.396 e. The van der Waals surface area contributed by atoms with Gasteiger partial charge < -0.3 is 5.11 Å². The summed E-state index contributed by atoms with van der Waals surface area (Å²) in [5.74, 6) is 0.184. The first-order valence-corrected chi connectivity index (χ1v) is 4.75. The Bertz CT molecular complexity index is 524. The van der Waals surface area contributed by atoms with Crippen LogP contribution in [0.1, 0.15) is 12.0 Å². The lowest BCUT2D eigenvalue weighted by Gasteiger charge is -1.98. The largest absolute Gasteiger partial charge is 0.396 e. The second-order valence-corrected chi connectivity index (χ2v) is 3.77. The van der Waals surface area contributed by atoms with Crippen molar-refractivity contribution < 1.29 is 5.11 Å². The number of nitrogens with zero attached hydrogens (tertiary/aromatic N) is 1. The number of aromatic amines is 1. The molecule has 5 heteroatoms. The zero-order chi connectivity index (χ0) is 11.0. The number of aliphatic hydroxyl groups is 1. The normalized spacial score (nSPS) is 22.0. The van der Waals surface area contributed by atoms with Crippen LogP contribution in [0, 0.1) is 12.8 Å². The standard InChI is InChI=1S/C10H12N2O3/c1-6-3-12(10(15)11-9(6)14)4-7-2-8(7)5-13/h3-4,8,13H,2,5H2,1H3,(H,11,14,15)/b7-4+. The average molecular weight is 208 g/mol. The molecule has 2 N–H and O–H groups in total. The number of hydrogen-bond donors (Lipinski definition) is 2. The number of H-pyrrole nitrogens is 1. The molecule has 0 saturated heterocycles. The van der Waals surface area contributed by atoms with Crippen molar-refractivity contribution in [3.63, 3.8) is 0 Å². The van der Waals surface area contributed by atoms with E-state index in [2.05, 4.69) is 4.98 Å². The first-order valence-electron chi connectivity index (χ1n) is 4.75. The highest BCUT2D eigenvalue weighted by atomic mass is 16.3. The van der Waals surface area contributed by atoms with Gasteiger partial charge in [-0.3, -0.25) is 14.3 Å². The fourth-order valence-corrected chi connectivity index (χ4v) is 1.43. The SMILES string of the molecule is Cc1cn(/C=C2\CC2CO)c(=O)[nH]c1=O. The zero-order valence-corrected chi connectivity index (χ0v) is 8.36. The molecular weight excluding hydrogens is 196 g/mol. The maximum Gasteiger partial charge on any atom is 0.332 e. The Morgan fingerprint density at radius 2 is 2.40 bits per heavy atom. The van der Waals surface area contributed by atoms with Gasteiger partial charge in [-0.05, 0) is 18.9 Å². The highest BCUT2D eigenvalue weighted by Crippen LogP contribution is 2.37. The van der Waals surface area contributed by atoms with Crippen molar-refractivity contribution in [3.05, 3.63) is 38.2 Å². The van der Waals surface area contributed by atoms with Crippen molar-refractivity contribution in [1.82, 2.24) is 9.55 Å². The second-order valence-electron chi connectivity index (χ2n) is 3.77. The van der Waals surface area contributed by atoms with Gasteiger partial charge >= 0.3 is 5.69 Å². The van der Waals surface area contributed by atoms with Gasteiger partial charge in [-0.15, -0.1) is 0 Å². The van der Waals surface area contributed by atoms with Crippen molar-refractivity contribution in [2.24, 2.45) is 5.92 Å². The monoisotopic (exact) mass is 208 g/mol. The number of rotatable bonds is 2. The molecular formula is C10H12N2O3. The van der Waals surface area contributed by atoms with Crippen LogP contribution in [0.15, 0.2) is 21.4 Å². The molecule has 1 aliphatic rings. The summed E-state index contributed by atoms with van der Waals surface area (Å²) in [6.07, 6.45) is 3.99. The molecule has 0 bridgehead atoms. The Hall–Kier alpha value is -1.62. The van der Waals surface area contributed by atoms with Crippen molar-refractivity contribution in [2.75, 3.05) is 6.61 Å². The van der Waals surface area contributed by atoms with E-state index in [1.165, 1.54) is 10.8 Å². The van der Waals surface area contributed by atoms with Crippen molar-refractivity contribution >= 4 is 6.20 Å². The van der Waals surface area contributed by atoms with Gasteiger partial charge in [-0.25, -0.2) is 4.79 Å². The number of aliphatic hydroxyl groups excluding tert-OH is 1. The van der Waals surface area contributed by atoms with Crippen LogP contribution in [-0.2, 0) is 0 Å². The van der Waals surface area contributed by atoms with E-state index in [1.54, 1.807) is 13.1 Å². The molecule has 80 valence electrons. The van der Waals surface area contributed by atoms with Crippen molar-refractivity contribution in [1.29, 1.82) is 0 Å². The minimum atomic E-state index is -0.443. The molecule has 0 aliphatic heterocycles. The lowest BCUT2D eigenvalue weighted by atomic mass is 10.4. The third-order valence-electron chi connectivity index (χ3n) is 2.52. The molecule has 1 heterocycles. The summed E-state index contributed by atoms with van der Waals surface area (Å²) in [7, 11) is 0. The van der Waals surface area contributed by atoms with E-state index in [1.807, 2.05) is 0 Å². The summed E-state index contributed by atoms with van der Waals surface area (Å²) in [6.45, 7) is 1.76. The van der Waals surface area contributed by atoms with Gasteiger partial charge in [-0.2, -0.15) is 0 Å². The van der Waals surface area contributed by atoms with Crippen LogP contribution in [0.2, 0.25) is 0 Å². The molecule has 5 nitrogen and oxygen atoms in total. The third-order valence-corrected chi connectivity index (χ3v) is 2.52. The van der Waals surface area contributed by atoms with Gasteiger partial charge in [0.25, 0.3) is 5.56 Å². The Morgan fingerprint density at radius 1 is 1.67 bits per heavy atom. The van der Waals surface area contributed by atoms with Gasteiger partial charge in [0.05, 0.1) is 0 Å². The van der Waals surface area contributed by atoms with E-state index < -0.39 is 5.69 Å². The number of aromatic nitrogens is 2. The summed E-state index contributed by atoms with van der Waals surface area (Å²) < 4.78 is 1.35. The van der Waals surface area contributed by atoms with Crippen LogP contribution < -0.4 is 11.2 Å². The summed E-state index contributed by atoms with van der Waals surface area (Å²) in [4.78, 5) is 24.7. The van der Waals surface area contributed by atoms with E-state index in [4.69, 9.17) is 5.11 Å². The van der Waals surface area contributed by atoms with Crippen LogP contribution >= 0.6 is 0 Å². The average Bonchev–Trinajstić information content (AvgIpc) is 2.93. The van der Waals surface area contributed by atoms with Crippen LogP contribution in [0.3, 0.4) is 0 Å². The van der Waals surface area contributed by atoms with Crippen LogP contribution in [0.5, 0.6) is 0 Å². The summed E-state index contributed by atoms with van der Waals surface area (Å²) >= 11 is 0. The number of hydrogen-bond acceptors (Lipinski definition) is 3. The predicted octanol–water partition coefficient (Wildman–Crippen LogP) is -0.302. The molecule has 0 amide bonds. The second kappa shape index (κ2) is 3.51. The molecule has 1 saturated carbocycles. The van der Waals surface area contributed by atoms with Crippen molar-refractivity contribution in [3.8, 4) is 0 Å². The maximum atomic E-state index is 11.4. The Morgan fingerprint density at radius 3 is 3.00 bits per heavy atom. The molecule has 1 aromatic rings. The van der Waals surface area contributed by atoms with E-state index in [0.717, 1.165) is 12.0 Å². The first-order chi connectivity index (χ1) is 7.11. The molecule has 0 spiro atoms. The summed E-state index contributed by atoms with van der Waals surface area (Å²) in [6, 6.07) is 0. The van der Waals surface area contributed by atoms with Gasteiger partial charge in [0.2, 0.25) is 0 Å². The fraction of sp³-hybridized carbons (Fsp3) is 0.400. The van der Waals surface area contributed by atoms with E-state index in [-0.39, 0.29) is 18.1 Å². The Balaban J connectivity index is 2.39.